The molecule has 0 unspecified atom stereocenters. The van der Waals surface area contributed by atoms with E-state index < -0.39 is 5.54 Å². The van der Waals surface area contributed by atoms with Crippen LogP contribution in [0.4, 0.5) is 4.39 Å². The van der Waals surface area contributed by atoms with Crippen LogP contribution < -0.4 is 5.32 Å². The Bertz CT molecular complexity index is 917. The highest BCUT2D eigenvalue weighted by Gasteiger charge is 2.37. The van der Waals surface area contributed by atoms with E-state index >= 15 is 0 Å². The third-order valence-electron chi connectivity index (χ3n) is 6.91. The first-order valence-corrected chi connectivity index (χ1v) is 11.7. The predicted molar refractivity (Wildman–Crippen MR) is 124 cm³/mol. The number of halogens is 1. The molecule has 2 aliphatic heterocycles. The molecule has 0 radical (unpaired) electrons. The van der Waals surface area contributed by atoms with E-state index in [0.717, 1.165) is 63.2 Å². The van der Waals surface area contributed by atoms with Crippen LogP contribution in [0.5, 0.6) is 5.75 Å². The van der Waals surface area contributed by atoms with E-state index in [-0.39, 0.29) is 11.7 Å². The molecule has 4 rings (SSSR count). The maximum Gasteiger partial charge on any atom is 0.217 e. The van der Waals surface area contributed by atoms with Gasteiger partial charge in [0.2, 0.25) is 5.91 Å². The number of likely N-dealkylation sites (tertiary alicyclic amines) is 2. The van der Waals surface area contributed by atoms with Gasteiger partial charge in [-0.2, -0.15) is 0 Å². The minimum Gasteiger partial charge on any atom is -0.508 e. The monoisotopic (exact) mass is 439 g/mol. The van der Waals surface area contributed by atoms with E-state index in [9.17, 15) is 14.3 Å². The first kappa shape index (κ1) is 22.7. The smallest absolute Gasteiger partial charge is 0.217 e. The van der Waals surface area contributed by atoms with Gasteiger partial charge in [-0.1, -0.05) is 24.6 Å². The Hall–Kier alpha value is -2.44. The summed E-state index contributed by atoms with van der Waals surface area (Å²) in [7, 11) is 0. The highest BCUT2D eigenvalue weighted by atomic mass is 19.1. The lowest BCUT2D eigenvalue weighted by Crippen LogP contribution is -2.52. The van der Waals surface area contributed by atoms with Gasteiger partial charge >= 0.3 is 0 Å². The molecule has 0 aliphatic carbocycles. The van der Waals surface area contributed by atoms with E-state index in [2.05, 4.69) is 21.2 Å². The Kier molecular flexibility index (Phi) is 7.11. The number of phenolic OH excluding ortho intramolecular Hbond substituents is 1. The lowest BCUT2D eigenvalue weighted by Gasteiger charge is -2.42. The summed E-state index contributed by atoms with van der Waals surface area (Å²) in [4.78, 5) is 16.8. The molecule has 5 nitrogen and oxygen atoms in total. The van der Waals surface area contributed by atoms with Crippen LogP contribution in [0.15, 0.2) is 42.5 Å². The van der Waals surface area contributed by atoms with Gasteiger partial charge in [-0.15, -0.1) is 0 Å². The molecule has 2 aromatic rings. The van der Waals surface area contributed by atoms with E-state index in [1.165, 1.54) is 43.9 Å². The van der Waals surface area contributed by atoms with Crippen molar-refractivity contribution in [3.05, 3.63) is 65.0 Å². The molecule has 2 saturated heterocycles. The Balaban J connectivity index is 1.42. The summed E-state index contributed by atoms with van der Waals surface area (Å²) in [5, 5.41) is 13.5. The molecule has 32 heavy (non-hydrogen) atoms. The minimum absolute atomic E-state index is 0.0661. The SMILES string of the molecule is CC(=O)NC1(c2ccc(F)cc2)CCN(Cc2ccc(O)c(CN3CCCCC3)c2)CC1. The van der Waals surface area contributed by atoms with E-state index in [0.29, 0.717) is 5.75 Å². The maximum absolute atomic E-state index is 13.4. The molecule has 0 aromatic heterocycles. The van der Waals surface area contributed by atoms with Crippen molar-refractivity contribution in [3.8, 4) is 5.75 Å². The highest BCUT2D eigenvalue weighted by Crippen LogP contribution is 2.34. The van der Waals surface area contributed by atoms with E-state index in [4.69, 9.17) is 0 Å². The number of phenols is 1. The standard InChI is InChI=1S/C26H34FN3O2/c1-20(31)28-26(23-6-8-24(27)9-7-23)11-15-30(16-12-26)18-21-5-10-25(32)22(17-21)19-29-13-3-2-4-14-29/h5-10,17,32H,2-4,11-16,18-19H2,1H3,(H,28,31). The molecule has 172 valence electrons. The van der Waals surface area contributed by atoms with Crippen LogP contribution in [0, 0.1) is 5.82 Å². The Morgan fingerprint density at radius 3 is 2.28 bits per heavy atom. The maximum atomic E-state index is 13.4. The molecule has 0 spiro atoms. The molecule has 0 saturated carbocycles. The quantitative estimate of drug-likeness (QED) is 0.710. The Morgan fingerprint density at radius 2 is 1.62 bits per heavy atom. The van der Waals surface area contributed by atoms with Crippen LogP contribution in [0.2, 0.25) is 0 Å². The van der Waals surface area contributed by atoms with Gasteiger partial charge < -0.3 is 10.4 Å². The third kappa shape index (κ3) is 5.48. The van der Waals surface area contributed by atoms with Gasteiger partial charge in [0.25, 0.3) is 0 Å². The van der Waals surface area contributed by atoms with Crippen LogP contribution >= 0.6 is 0 Å². The summed E-state index contributed by atoms with van der Waals surface area (Å²) in [6.07, 6.45) is 5.32. The van der Waals surface area contributed by atoms with Gasteiger partial charge in [0.15, 0.2) is 0 Å². The van der Waals surface area contributed by atoms with Crippen LogP contribution in [-0.4, -0.2) is 47.0 Å². The summed E-state index contributed by atoms with van der Waals surface area (Å²) < 4.78 is 13.4. The molecular weight excluding hydrogens is 405 g/mol. The molecular formula is C26H34FN3O2. The summed E-state index contributed by atoms with van der Waals surface area (Å²) >= 11 is 0. The number of piperidine rings is 2. The molecule has 2 heterocycles. The number of carbonyl (C=O) groups excluding carboxylic acids is 1. The van der Waals surface area contributed by atoms with Crippen LogP contribution in [0.1, 0.15) is 55.7 Å². The van der Waals surface area contributed by atoms with Gasteiger partial charge in [0, 0.05) is 38.7 Å². The number of hydrogen-bond acceptors (Lipinski definition) is 4. The zero-order chi connectivity index (χ0) is 22.6. The first-order chi connectivity index (χ1) is 15.4. The second-order valence-electron chi connectivity index (χ2n) is 9.35. The molecule has 2 N–H and O–H groups in total. The fourth-order valence-electron chi connectivity index (χ4n) is 5.17. The topological polar surface area (TPSA) is 55.8 Å². The molecule has 2 aliphatic rings. The zero-order valence-corrected chi connectivity index (χ0v) is 18.9. The lowest BCUT2D eigenvalue weighted by atomic mass is 9.80. The van der Waals surface area contributed by atoms with Gasteiger partial charge in [0.05, 0.1) is 5.54 Å². The van der Waals surface area contributed by atoms with Gasteiger partial charge in [-0.3, -0.25) is 14.6 Å². The number of nitrogens with one attached hydrogen (secondary N) is 1. The van der Waals surface area contributed by atoms with E-state index in [1.54, 1.807) is 12.1 Å². The van der Waals surface area contributed by atoms with E-state index in [1.807, 2.05) is 12.1 Å². The van der Waals surface area contributed by atoms with Crippen molar-refractivity contribution in [1.29, 1.82) is 0 Å². The zero-order valence-electron chi connectivity index (χ0n) is 18.9. The number of benzene rings is 2. The number of carbonyl (C=O) groups is 1. The minimum atomic E-state index is -0.454. The number of amides is 1. The number of aromatic hydroxyl groups is 1. The van der Waals surface area contributed by atoms with Crippen molar-refractivity contribution >= 4 is 5.91 Å². The fraction of sp³-hybridized carbons (Fsp3) is 0.500. The summed E-state index contributed by atoms with van der Waals surface area (Å²) in [6, 6.07) is 12.5. The van der Waals surface area contributed by atoms with Crippen LogP contribution in [-0.2, 0) is 23.4 Å². The highest BCUT2D eigenvalue weighted by molar-refractivity contribution is 5.74. The Morgan fingerprint density at radius 1 is 0.969 bits per heavy atom. The Labute approximate surface area is 190 Å². The normalized spacial score (nSPS) is 19.6. The fourth-order valence-corrected chi connectivity index (χ4v) is 5.17. The molecule has 6 heteroatoms. The first-order valence-electron chi connectivity index (χ1n) is 11.7. The van der Waals surface area contributed by atoms with Crippen LogP contribution in [0.3, 0.4) is 0 Å². The molecule has 1 amide bonds. The number of rotatable bonds is 6. The lowest BCUT2D eigenvalue weighted by molar-refractivity contribution is -0.121. The number of nitrogens with zero attached hydrogens (tertiary/aromatic N) is 2. The molecule has 2 aromatic carbocycles. The largest absolute Gasteiger partial charge is 0.508 e. The van der Waals surface area contributed by atoms with Crippen molar-refractivity contribution < 1.29 is 14.3 Å². The van der Waals surface area contributed by atoms with Gasteiger partial charge in [0.1, 0.15) is 11.6 Å². The molecule has 2 fully saturated rings. The average Bonchev–Trinajstić information content (AvgIpc) is 2.78. The summed E-state index contributed by atoms with van der Waals surface area (Å²) in [6.45, 7) is 7.02. The molecule has 0 atom stereocenters. The van der Waals surface area contributed by atoms with Crippen molar-refractivity contribution in [2.24, 2.45) is 0 Å². The van der Waals surface area contributed by atoms with Gasteiger partial charge in [-0.05, 0) is 74.2 Å². The van der Waals surface area contributed by atoms with Crippen molar-refractivity contribution in [1.82, 2.24) is 15.1 Å². The number of hydrogen-bond donors (Lipinski definition) is 2. The second kappa shape index (κ2) is 10.0. The summed E-state index contributed by atoms with van der Waals surface area (Å²) in [5.41, 5.74) is 2.70. The van der Waals surface area contributed by atoms with Crippen molar-refractivity contribution in [2.45, 2.75) is 57.7 Å². The summed E-state index contributed by atoms with van der Waals surface area (Å²) in [5.74, 6) is 0.0412. The van der Waals surface area contributed by atoms with Crippen LogP contribution in [0.25, 0.3) is 0 Å². The van der Waals surface area contributed by atoms with Crippen molar-refractivity contribution in [2.75, 3.05) is 26.2 Å². The van der Waals surface area contributed by atoms with Gasteiger partial charge in [-0.25, -0.2) is 4.39 Å². The predicted octanol–water partition coefficient (Wildman–Crippen LogP) is 4.14. The second-order valence-corrected chi connectivity index (χ2v) is 9.35. The third-order valence-corrected chi connectivity index (χ3v) is 6.91. The average molecular weight is 440 g/mol. The van der Waals surface area contributed by atoms with Crippen molar-refractivity contribution in [3.63, 3.8) is 0 Å². The molecule has 0 bridgehead atoms.